The van der Waals surface area contributed by atoms with Crippen molar-refractivity contribution in [1.82, 2.24) is 19.3 Å². The van der Waals surface area contributed by atoms with Crippen LogP contribution in [-0.4, -0.2) is 82.9 Å². The number of methoxy groups -OCH3 is 4. The monoisotopic (exact) mass is 339 g/mol. The van der Waals surface area contributed by atoms with Gasteiger partial charge in [0.15, 0.2) is 0 Å². The van der Waals surface area contributed by atoms with Crippen LogP contribution in [0.1, 0.15) is 0 Å². The fourth-order valence-corrected chi connectivity index (χ4v) is 2.59. The summed E-state index contributed by atoms with van der Waals surface area (Å²) in [5.74, 6) is 0. The Kier molecular flexibility index (Phi) is 10.2. The normalized spacial score (nSPS) is 34.0. The minimum atomic E-state index is -0.106. The van der Waals surface area contributed by atoms with Crippen LogP contribution in [0.5, 0.6) is 0 Å². The van der Waals surface area contributed by atoms with Gasteiger partial charge in [-0.2, -0.15) is 0 Å². The van der Waals surface area contributed by atoms with Crippen molar-refractivity contribution in [2.75, 3.05) is 54.6 Å². The molecular formula is C12H27N4O4Ti. The van der Waals surface area contributed by atoms with Crippen LogP contribution in [0.15, 0.2) is 0 Å². The summed E-state index contributed by atoms with van der Waals surface area (Å²) in [6, 6.07) is 0. The molecule has 0 aromatic carbocycles. The summed E-state index contributed by atoms with van der Waals surface area (Å²) < 4.78 is 23.9. The third kappa shape index (κ3) is 7.00. The Morgan fingerprint density at radius 1 is 0.762 bits per heavy atom. The molecule has 3 N–H and O–H groups in total. The van der Waals surface area contributed by atoms with Gasteiger partial charge < -0.3 is 0 Å². The van der Waals surface area contributed by atoms with Gasteiger partial charge in [-0.3, -0.25) is 0 Å². The quantitative estimate of drug-likeness (QED) is 0.530. The number of nitrogens with zero attached hydrogens (tertiary/aromatic N) is 1. The summed E-state index contributed by atoms with van der Waals surface area (Å²) in [5.41, 5.74) is 0. The first-order chi connectivity index (χ1) is 10.1. The van der Waals surface area contributed by atoms with E-state index in [1.54, 1.807) is 28.4 Å². The van der Waals surface area contributed by atoms with E-state index in [4.69, 9.17) is 18.9 Å². The molecule has 0 amide bonds. The molecule has 4 atom stereocenters. The van der Waals surface area contributed by atoms with E-state index in [1.165, 1.54) is 0 Å². The molecule has 9 heteroatoms. The number of hydrogen-bond donors (Lipinski definition) is 3. The molecule has 1 fully saturated rings. The summed E-state index contributed by atoms with van der Waals surface area (Å²) in [6.45, 7) is 2.62. The summed E-state index contributed by atoms with van der Waals surface area (Å²) in [6.07, 6.45) is -0.360. The molecule has 0 saturated carbocycles. The van der Waals surface area contributed by atoms with Crippen molar-refractivity contribution in [1.29, 1.82) is 0 Å². The van der Waals surface area contributed by atoms with Crippen molar-refractivity contribution in [3.8, 4) is 0 Å². The van der Waals surface area contributed by atoms with Gasteiger partial charge in [0, 0.05) is 0 Å². The van der Waals surface area contributed by atoms with E-state index in [1.807, 2.05) is 20.7 Å². The molecule has 1 aliphatic rings. The molecule has 0 bridgehead atoms. The van der Waals surface area contributed by atoms with Crippen molar-refractivity contribution >= 4 is 0 Å². The SMILES string of the molecule is COC1CNC(OC)C[N]([Ti])C(OC)CNC(OC)CN1. The minimum absolute atomic E-state index is 0.0558. The first kappa shape index (κ1) is 19.4. The van der Waals surface area contributed by atoms with Crippen LogP contribution in [0.2, 0.25) is 0 Å². The molecule has 123 valence electrons. The Morgan fingerprint density at radius 3 is 1.71 bits per heavy atom. The molecule has 0 aliphatic carbocycles. The zero-order chi connectivity index (χ0) is 15.7. The van der Waals surface area contributed by atoms with Crippen molar-refractivity contribution < 1.29 is 39.6 Å². The van der Waals surface area contributed by atoms with E-state index < -0.39 is 0 Å². The van der Waals surface area contributed by atoms with Gasteiger partial charge >= 0.3 is 139 Å². The molecule has 1 aliphatic heterocycles. The maximum absolute atomic E-state index is 5.51. The van der Waals surface area contributed by atoms with E-state index in [9.17, 15) is 0 Å². The van der Waals surface area contributed by atoms with E-state index in [2.05, 4.69) is 19.3 Å². The first-order valence-corrected chi connectivity index (χ1v) is 7.63. The second kappa shape index (κ2) is 11.0. The Balaban J connectivity index is 2.70. The molecular weight excluding hydrogens is 312 g/mol. The molecule has 0 spiro atoms. The zero-order valence-corrected chi connectivity index (χ0v) is 14.8. The van der Waals surface area contributed by atoms with Crippen molar-refractivity contribution in [2.24, 2.45) is 0 Å². The molecule has 0 radical (unpaired) electrons. The number of hydrogen-bond acceptors (Lipinski definition) is 8. The summed E-state index contributed by atoms with van der Waals surface area (Å²) in [5, 5.41) is 9.95. The van der Waals surface area contributed by atoms with Crippen LogP contribution in [0.3, 0.4) is 0 Å². The average Bonchev–Trinajstić information content (AvgIpc) is 2.50. The number of nitrogens with one attached hydrogen (secondary N) is 3. The van der Waals surface area contributed by atoms with Crippen molar-refractivity contribution in [2.45, 2.75) is 24.9 Å². The van der Waals surface area contributed by atoms with Gasteiger partial charge in [0.25, 0.3) is 0 Å². The van der Waals surface area contributed by atoms with Crippen LogP contribution >= 0.6 is 0 Å². The third-order valence-corrected chi connectivity index (χ3v) is 4.15. The van der Waals surface area contributed by atoms with Gasteiger partial charge in [-0.15, -0.1) is 0 Å². The van der Waals surface area contributed by atoms with Gasteiger partial charge in [0.1, 0.15) is 0 Å². The van der Waals surface area contributed by atoms with Crippen LogP contribution in [-0.2, 0) is 39.6 Å². The second-order valence-corrected chi connectivity index (χ2v) is 5.64. The standard InChI is InChI=1S/C12H27N4O4.Ti/c1-17-9-5-14-11(19-3)7-16-12(20-4)8-15-10(18-2)6-13-9;/h9-15H,5-8H2,1-4H3;/q-1;+1. The Morgan fingerprint density at radius 2 is 1.24 bits per heavy atom. The number of rotatable bonds is 4. The van der Waals surface area contributed by atoms with E-state index >= 15 is 0 Å². The topological polar surface area (TPSA) is 76.2 Å². The molecule has 8 nitrogen and oxygen atoms in total. The fraction of sp³-hybridized carbons (Fsp3) is 1.00. The van der Waals surface area contributed by atoms with Gasteiger partial charge in [0.2, 0.25) is 0 Å². The Labute approximate surface area is 138 Å². The van der Waals surface area contributed by atoms with E-state index in [0.29, 0.717) is 26.2 Å². The average molecular weight is 339 g/mol. The van der Waals surface area contributed by atoms with Crippen LogP contribution in [0.25, 0.3) is 0 Å². The first-order valence-electron chi connectivity index (χ1n) is 6.93. The van der Waals surface area contributed by atoms with E-state index in [-0.39, 0.29) is 24.9 Å². The predicted molar refractivity (Wildman–Crippen MR) is 73.9 cm³/mol. The third-order valence-electron chi connectivity index (χ3n) is 3.42. The molecule has 0 aromatic rings. The molecule has 1 saturated heterocycles. The summed E-state index contributed by atoms with van der Waals surface area (Å²) in [7, 11) is 6.74. The van der Waals surface area contributed by atoms with Crippen LogP contribution in [0, 0.1) is 0 Å². The summed E-state index contributed by atoms with van der Waals surface area (Å²) >= 11 is 2.00. The van der Waals surface area contributed by atoms with Gasteiger partial charge in [-0.1, -0.05) is 0 Å². The molecule has 1 heterocycles. The van der Waals surface area contributed by atoms with Gasteiger partial charge in [-0.25, -0.2) is 0 Å². The molecule has 4 unspecified atom stereocenters. The maximum atomic E-state index is 5.51. The summed E-state index contributed by atoms with van der Waals surface area (Å²) in [4.78, 5) is 0. The Bertz CT molecular complexity index is 278. The van der Waals surface area contributed by atoms with Crippen molar-refractivity contribution in [3.63, 3.8) is 0 Å². The fourth-order valence-electron chi connectivity index (χ4n) is 2.03. The molecule has 0 aromatic heterocycles. The van der Waals surface area contributed by atoms with Gasteiger partial charge in [0.05, 0.1) is 0 Å². The van der Waals surface area contributed by atoms with E-state index in [0.717, 1.165) is 0 Å². The zero-order valence-electron chi connectivity index (χ0n) is 13.2. The second-order valence-electron chi connectivity index (χ2n) is 4.74. The van der Waals surface area contributed by atoms with Crippen LogP contribution in [0.4, 0.5) is 0 Å². The van der Waals surface area contributed by atoms with Crippen LogP contribution < -0.4 is 16.0 Å². The predicted octanol–water partition coefficient (Wildman–Crippen LogP) is -1.58. The van der Waals surface area contributed by atoms with Gasteiger partial charge in [-0.05, 0) is 0 Å². The Hall–Kier alpha value is 0.394. The number of ether oxygens (including phenoxy) is 4. The van der Waals surface area contributed by atoms with Crippen molar-refractivity contribution in [3.05, 3.63) is 0 Å². The molecule has 1 rings (SSSR count). The molecule has 21 heavy (non-hydrogen) atoms.